The number of aromatic carboxylic acids is 1. The Kier molecular flexibility index (Phi) is 4.53. The van der Waals surface area contributed by atoms with Gasteiger partial charge in [0, 0.05) is 10.9 Å². The Morgan fingerprint density at radius 2 is 1.90 bits per heavy atom. The van der Waals surface area contributed by atoms with E-state index in [9.17, 15) is 9.59 Å². The van der Waals surface area contributed by atoms with Crippen LogP contribution in [0.4, 0.5) is 0 Å². The Hall–Kier alpha value is -1.70. The lowest BCUT2D eigenvalue weighted by atomic mass is 10.2. The number of carboxylic acids is 1. The first-order chi connectivity index (χ1) is 9.45. The number of thiazole rings is 1. The molecule has 2 aromatic rings. The highest BCUT2D eigenvalue weighted by Gasteiger charge is 2.11. The molecule has 0 atom stereocenters. The van der Waals surface area contributed by atoms with Crippen molar-refractivity contribution in [3.8, 4) is 0 Å². The molecule has 2 heterocycles. The quantitative estimate of drug-likeness (QED) is 0.839. The number of nitrogens with one attached hydrogen (secondary N) is 1. The number of pyridine rings is 1. The number of hydrogen-bond acceptors (Lipinski definition) is 5. The van der Waals surface area contributed by atoms with Crippen LogP contribution in [-0.4, -0.2) is 27.0 Å². The Morgan fingerprint density at radius 1 is 1.25 bits per heavy atom. The van der Waals surface area contributed by atoms with Crippen molar-refractivity contribution in [1.29, 1.82) is 0 Å². The van der Waals surface area contributed by atoms with Crippen molar-refractivity contribution < 1.29 is 14.7 Å². The zero-order chi connectivity index (χ0) is 14.7. The number of aromatic nitrogens is 2. The largest absolute Gasteiger partial charge is 0.476 e. The lowest BCUT2D eigenvalue weighted by Gasteiger charge is -2.03. The van der Waals surface area contributed by atoms with E-state index in [1.165, 1.54) is 17.5 Å². The standard InChI is InChI=1S/C11H7Cl2N3O3S/c12-7-1-5(2-8(13)16-7)10(17)14-3-9-15-6(4-20-9)11(18)19/h1-2,4H,3H2,(H,14,17)(H,18,19). The number of hydrogen-bond donors (Lipinski definition) is 2. The van der Waals surface area contributed by atoms with Crippen molar-refractivity contribution >= 4 is 46.4 Å². The fourth-order valence-electron chi connectivity index (χ4n) is 1.34. The summed E-state index contributed by atoms with van der Waals surface area (Å²) >= 11 is 12.5. The number of carbonyl (C=O) groups excluding carboxylic acids is 1. The number of carboxylic acid groups (broad SMARTS) is 1. The van der Waals surface area contributed by atoms with Gasteiger partial charge >= 0.3 is 5.97 Å². The van der Waals surface area contributed by atoms with Gasteiger partial charge in [-0.2, -0.15) is 0 Å². The smallest absolute Gasteiger partial charge is 0.355 e. The Balaban J connectivity index is 2.02. The molecule has 0 aliphatic rings. The highest BCUT2D eigenvalue weighted by molar-refractivity contribution is 7.09. The van der Waals surface area contributed by atoms with E-state index in [-0.39, 0.29) is 28.1 Å². The second-order valence-electron chi connectivity index (χ2n) is 3.62. The fraction of sp³-hybridized carbons (Fsp3) is 0.0909. The first-order valence-corrected chi connectivity index (χ1v) is 6.88. The van der Waals surface area contributed by atoms with Crippen molar-refractivity contribution in [2.45, 2.75) is 6.54 Å². The molecule has 2 rings (SSSR count). The third-order valence-electron chi connectivity index (χ3n) is 2.20. The Bertz CT molecular complexity index is 654. The summed E-state index contributed by atoms with van der Waals surface area (Å²) in [5, 5.41) is 13.5. The Labute approximate surface area is 127 Å². The number of halogens is 2. The number of nitrogens with zero attached hydrogens (tertiary/aromatic N) is 2. The highest BCUT2D eigenvalue weighted by Crippen LogP contribution is 2.15. The minimum absolute atomic E-state index is 0.0470. The van der Waals surface area contributed by atoms with Crippen molar-refractivity contribution in [1.82, 2.24) is 15.3 Å². The van der Waals surface area contributed by atoms with Gasteiger partial charge in [-0.05, 0) is 12.1 Å². The zero-order valence-corrected chi connectivity index (χ0v) is 12.1. The van der Waals surface area contributed by atoms with Crippen LogP contribution in [0.15, 0.2) is 17.5 Å². The van der Waals surface area contributed by atoms with Crippen LogP contribution in [0, 0.1) is 0 Å². The van der Waals surface area contributed by atoms with E-state index < -0.39 is 11.9 Å². The van der Waals surface area contributed by atoms with Crippen LogP contribution in [0.2, 0.25) is 10.3 Å². The summed E-state index contributed by atoms with van der Waals surface area (Å²) in [5.41, 5.74) is 0.222. The van der Waals surface area contributed by atoms with E-state index in [4.69, 9.17) is 28.3 Å². The lowest BCUT2D eigenvalue weighted by Crippen LogP contribution is -2.22. The van der Waals surface area contributed by atoms with Gasteiger partial charge in [0.25, 0.3) is 5.91 Å². The fourth-order valence-corrected chi connectivity index (χ4v) is 2.51. The summed E-state index contributed by atoms with van der Waals surface area (Å²) in [6.45, 7) is 0.119. The van der Waals surface area contributed by atoms with Crippen molar-refractivity contribution in [2.75, 3.05) is 0 Å². The van der Waals surface area contributed by atoms with Gasteiger partial charge in [-0.1, -0.05) is 23.2 Å². The Morgan fingerprint density at radius 3 is 2.45 bits per heavy atom. The SMILES string of the molecule is O=C(NCc1nc(C(=O)O)cs1)c1cc(Cl)nc(Cl)c1. The van der Waals surface area contributed by atoms with Crippen molar-refractivity contribution in [2.24, 2.45) is 0 Å². The van der Waals surface area contributed by atoms with Gasteiger partial charge in [-0.25, -0.2) is 14.8 Å². The topological polar surface area (TPSA) is 92.2 Å². The van der Waals surface area contributed by atoms with E-state index >= 15 is 0 Å². The minimum atomic E-state index is -1.11. The van der Waals surface area contributed by atoms with Crippen LogP contribution in [0.3, 0.4) is 0 Å². The number of carbonyl (C=O) groups is 2. The average Bonchev–Trinajstić information content (AvgIpc) is 2.83. The third kappa shape index (κ3) is 3.66. The molecular formula is C11H7Cl2N3O3S. The maximum absolute atomic E-state index is 11.9. The molecule has 2 aromatic heterocycles. The first-order valence-electron chi connectivity index (χ1n) is 5.24. The molecule has 104 valence electrons. The van der Waals surface area contributed by atoms with E-state index in [1.807, 2.05) is 0 Å². The lowest BCUT2D eigenvalue weighted by molar-refractivity contribution is 0.0691. The van der Waals surface area contributed by atoms with Gasteiger partial charge < -0.3 is 10.4 Å². The molecule has 0 bridgehead atoms. The maximum Gasteiger partial charge on any atom is 0.355 e. The molecule has 0 saturated carbocycles. The van der Waals surface area contributed by atoms with Crippen LogP contribution >= 0.6 is 34.5 Å². The predicted molar refractivity (Wildman–Crippen MR) is 74.5 cm³/mol. The molecular weight excluding hydrogens is 325 g/mol. The summed E-state index contributed by atoms with van der Waals surface area (Å²) in [4.78, 5) is 30.1. The molecule has 0 aliphatic carbocycles. The van der Waals surface area contributed by atoms with Gasteiger partial charge in [0.1, 0.15) is 15.3 Å². The summed E-state index contributed by atoms with van der Waals surface area (Å²) in [6.07, 6.45) is 0. The molecule has 0 unspecified atom stereocenters. The van der Waals surface area contributed by atoms with Crippen molar-refractivity contribution in [3.63, 3.8) is 0 Å². The molecule has 6 nitrogen and oxygen atoms in total. The van der Waals surface area contributed by atoms with Crippen molar-refractivity contribution in [3.05, 3.63) is 44.1 Å². The van der Waals surface area contributed by atoms with Crippen LogP contribution in [0.25, 0.3) is 0 Å². The monoisotopic (exact) mass is 331 g/mol. The normalized spacial score (nSPS) is 10.3. The molecule has 1 amide bonds. The summed E-state index contributed by atoms with van der Waals surface area (Å²) in [7, 11) is 0. The number of rotatable bonds is 4. The van der Waals surface area contributed by atoms with Crippen LogP contribution in [-0.2, 0) is 6.54 Å². The molecule has 0 radical (unpaired) electrons. The van der Waals surface area contributed by atoms with Gasteiger partial charge in [0.2, 0.25) is 0 Å². The molecule has 9 heteroatoms. The van der Waals surface area contributed by atoms with Gasteiger partial charge in [0.05, 0.1) is 6.54 Å². The third-order valence-corrected chi connectivity index (χ3v) is 3.43. The highest BCUT2D eigenvalue weighted by atomic mass is 35.5. The van der Waals surface area contributed by atoms with Crippen LogP contribution in [0.5, 0.6) is 0 Å². The van der Waals surface area contributed by atoms with Crippen LogP contribution < -0.4 is 5.32 Å². The summed E-state index contributed by atoms with van der Waals surface area (Å²) < 4.78 is 0. The zero-order valence-electron chi connectivity index (χ0n) is 9.76. The summed E-state index contributed by atoms with van der Waals surface area (Å²) in [5.74, 6) is -1.50. The van der Waals surface area contributed by atoms with Gasteiger partial charge in [0.15, 0.2) is 5.69 Å². The molecule has 0 saturated heterocycles. The maximum atomic E-state index is 11.9. The molecule has 2 N–H and O–H groups in total. The molecule has 0 fully saturated rings. The van der Waals surface area contributed by atoms with E-state index in [1.54, 1.807) is 0 Å². The second-order valence-corrected chi connectivity index (χ2v) is 5.33. The van der Waals surface area contributed by atoms with E-state index in [2.05, 4.69) is 15.3 Å². The summed E-state index contributed by atoms with van der Waals surface area (Å²) in [6, 6.07) is 2.76. The average molecular weight is 332 g/mol. The molecule has 0 spiro atoms. The van der Waals surface area contributed by atoms with Gasteiger partial charge in [-0.3, -0.25) is 4.79 Å². The molecule has 0 aromatic carbocycles. The number of amides is 1. The van der Waals surface area contributed by atoms with Crippen LogP contribution in [0.1, 0.15) is 25.9 Å². The van der Waals surface area contributed by atoms with E-state index in [0.29, 0.717) is 5.01 Å². The molecule has 20 heavy (non-hydrogen) atoms. The minimum Gasteiger partial charge on any atom is -0.476 e. The first kappa shape index (κ1) is 14.7. The van der Waals surface area contributed by atoms with E-state index in [0.717, 1.165) is 11.3 Å². The van der Waals surface area contributed by atoms with Gasteiger partial charge in [-0.15, -0.1) is 11.3 Å². The second kappa shape index (κ2) is 6.17. The predicted octanol–water partition coefficient (Wildman–Crippen LogP) is 2.47. The molecule has 0 aliphatic heterocycles.